The molecule has 2 saturated heterocycles. The number of nitrogens with one attached hydrogen (secondary N) is 1. The molecule has 28 heavy (non-hydrogen) atoms. The molecule has 2 aliphatic heterocycles. The van der Waals surface area contributed by atoms with Crippen LogP contribution in [-0.4, -0.2) is 73.1 Å². The van der Waals surface area contributed by atoms with E-state index in [9.17, 15) is 4.79 Å². The van der Waals surface area contributed by atoms with Gasteiger partial charge in [-0.15, -0.1) is 0 Å². The van der Waals surface area contributed by atoms with Crippen molar-refractivity contribution in [1.29, 1.82) is 0 Å². The first-order valence-corrected chi connectivity index (χ1v) is 9.99. The number of anilines is 1. The van der Waals surface area contributed by atoms with Gasteiger partial charge in [0.2, 0.25) is 0 Å². The number of ether oxygens (including phenoxy) is 1. The lowest BCUT2D eigenvalue weighted by atomic mass is 10.2. The van der Waals surface area contributed by atoms with Crippen LogP contribution in [0.3, 0.4) is 0 Å². The monoisotopic (exact) mass is 380 g/mol. The van der Waals surface area contributed by atoms with Gasteiger partial charge in [-0.3, -0.25) is 4.90 Å². The number of amides is 2. The Kier molecular flexibility index (Phi) is 5.78. The minimum Gasteiger partial charge on any atom is -0.457 e. The summed E-state index contributed by atoms with van der Waals surface area (Å²) >= 11 is 0. The third-order valence-electron chi connectivity index (χ3n) is 5.59. The van der Waals surface area contributed by atoms with E-state index in [0.717, 1.165) is 62.9 Å². The van der Waals surface area contributed by atoms with Gasteiger partial charge in [0.1, 0.15) is 11.5 Å². The first-order valence-electron chi connectivity index (χ1n) is 9.99. The van der Waals surface area contributed by atoms with Crippen LogP contribution in [0.2, 0.25) is 0 Å². The number of hydrogen-bond donors (Lipinski definition) is 1. The van der Waals surface area contributed by atoms with E-state index in [2.05, 4.69) is 22.2 Å². The maximum absolute atomic E-state index is 12.6. The molecule has 2 aromatic carbocycles. The fraction of sp³-hybridized carbons (Fsp3) is 0.409. The molecule has 0 spiro atoms. The molecule has 2 fully saturated rings. The fourth-order valence-electron chi connectivity index (χ4n) is 3.84. The second-order valence-corrected chi connectivity index (χ2v) is 7.60. The highest BCUT2D eigenvalue weighted by molar-refractivity contribution is 5.89. The summed E-state index contributed by atoms with van der Waals surface area (Å²) in [7, 11) is 2.17. The highest BCUT2D eigenvalue weighted by Crippen LogP contribution is 2.23. The highest BCUT2D eigenvalue weighted by atomic mass is 16.5. The molecule has 6 nitrogen and oxygen atoms in total. The van der Waals surface area contributed by atoms with Crippen LogP contribution in [0.15, 0.2) is 54.6 Å². The maximum Gasteiger partial charge on any atom is 0.321 e. The van der Waals surface area contributed by atoms with Crippen LogP contribution in [0.4, 0.5) is 10.5 Å². The molecule has 0 unspecified atom stereocenters. The van der Waals surface area contributed by atoms with Crippen LogP contribution in [-0.2, 0) is 0 Å². The van der Waals surface area contributed by atoms with Gasteiger partial charge in [0.25, 0.3) is 0 Å². The second kappa shape index (κ2) is 8.63. The molecule has 2 aromatic rings. The number of likely N-dealkylation sites (N-methyl/N-ethyl adjacent to an activating group) is 1. The molecule has 1 N–H and O–H groups in total. The molecule has 1 atom stereocenters. The van der Waals surface area contributed by atoms with Gasteiger partial charge in [0, 0.05) is 51.0 Å². The van der Waals surface area contributed by atoms with Crippen molar-refractivity contribution in [2.24, 2.45) is 0 Å². The predicted octanol–water partition coefficient (Wildman–Crippen LogP) is 3.33. The lowest BCUT2D eigenvalue weighted by molar-refractivity contribution is 0.115. The van der Waals surface area contributed by atoms with Crippen LogP contribution in [0, 0.1) is 0 Å². The minimum atomic E-state index is -0.0200. The summed E-state index contributed by atoms with van der Waals surface area (Å²) in [5, 5.41) is 3.01. The van der Waals surface area contributed by atoms with E-state index in [-0.39, 0.29) is 6.03 Å². The quantitative estimate of drug-likeness (QED) is 0.884. The van der Waals surface area contributed by atoms with E-state index >= 15 is 0 Å². The van der Waals surface area contributed by atoms with Crippen molar-refractivity contribution in [1.82, 2.24) is 14.7 Å². The van der Waals surface area contributed by atoms with Gasteiger partial charge in [-0.2, -0.15) is 0 Å². The summed E-state index contributed by atoms with van der Waals surface area (Å²) in [6, 6.07) is 17.6. The zero-order chi connectivity index (χ0) is 19.3. The molecule has 4 rings (SSSR count). The summed E-state index contributed by atoms with van der Waals surface area (Å²) in [5.41, 5.74) is 0.786. The van der Waals surface area contributed by atoms with Crippen molar-refractivity contribution in [3.05, 3.63) is 54.6 Å². The first-order chi connectivity index (χ1) is 13.7. The van der Waals surface area contributed by atoms with Crippen molar-refractivity contribution < 1.29 is 9.53 Å². The average molecular weight is 380 g/mol. The number of nitrogens with zero attached hydrogens (tertiary/aromatic N) is 3. The standard InChI is InChI=1S/C22H28N4O2/c1-24-13-15-25(16-14-24)19-11-12-26(17-19)22(27)23-18-7-9-21(10-8-18)28-20-5-3-2-4-6-20/h2-10,19H,11-17H2,1H3,(H,23,27)/t19-/m1/s1. The zero-order valence-corrected chi connectivity index (χ0v) is 16.4. The van der Waals surface area contributed by atoms with Gasteiger partial charge in [-0.25, -0.2) is 4.79 Å². The smallest absolute Gasteiger partial charge is 0.321 e. The van der Waals surface area contributed by atoms with Gasteiger partial charge in [-0.05, 0) is 49.9 Å². The Morgan fingerprint density at radius 3 is 2.32 bits per heavy atom. The Morgan fingerprint density at radius 1 is 0.929 bits per heavy atom. The second-order valence-electron chi connectivity index (χ2n) is 7.60. The van der Waals surface area contributed by atoms with Crippen LogP contribution in [0.25, 0.3) is 0 Å². The largest absolute Gasteiger partial charge is 0.457 e. The van der Waals surface area contributed by atoms with E-state index < -0.39 is 0 Å². The van der Waals surface area contributed by atoms with Crippen molar-refractivity contribution >= 4 is 11.7 Å². The van der Waals surface area contributed by atoms with Gasteiger partial charge in [-0.1, -0.05) is 18.2 Å². The van der Waals surface area contributed by atoms with Crippen molar-refractivity contribution in [3.63, 3.8) is 0 Å². The van der Waals surface area contributed by atoms with E-state index in [1.807, 2.05) is 59.5 Å². The molecule has 6 heteroatoms. The number of hydrogen-bond acceptors (Lipinski definition) is 4. The molecular weight excluding hydrogens is 352 g/mol. The van der Waals surface area contributed by atoms with Crippen LogP contribution in [0.1, 0.15) is 6.42 Å². The number of likely N-dealkylation sites (tertiary alicyclic amines) is 1. The SMILES string of the molecule is CN1CCN([C@@H]2CCN(C(=O)Nc3ccc(Oc4ccccc4)cc3)C2)CC1. The van der Waals surface area contributed by atoms with E-state index in [4.69, 9.17) is 4.74 Å². The predicted molar refractivity (Wildman–Crippen MR) is 111 cm³/mol. The molecule has 2 aliphatic rings. The van der Waals surface area contributed by atoms with E-state index in [0.29, 0.717) is 6.04 Å². The molecule has 0 aliphatic carbocycles. The Labute approximate surface area is 166 Å². The summed E-state index contributed by atoms with van der Waals surface area (Å²) in [6.07, 6.45) is 1.06. The van der Waals surface area contributed by atoms with Gasteiger partial charge in [0.15, 0.2) is 0 Å². The van der Waals surface area contributed by atoms with Crippen molar-refractivity contribution in [2.45, 2.75) is 12.5 Å². The third-order valence-corrected chi connectivity index (χ3v) is 5.59. The summed E-state index contributed by atoms with van der Waals surface area (Å²) in [5.74, 6) is 1.55. The first kappa shape index (κ1) is 18.8. The molecule has 0 bridgehead atoms. The number of piperazine rings is 1. The number of para-hydroxylation sites is 1. The Morgan fingerprint density at radius 2 is 1.61 bits per heavy atom. The average Bonchev–Trinajstić information content (AvgIpc) is 3.21. The Bertz CT molecular complexity index is 773. The van der Waals surface area contributed by atoms with E-state index in [1.54, 1.807) is 0 Å². The molecule has 0 radical (unpaired) electrons. The molecule has 0 saturated carbocycles. The zero-order valence-electron chi connectivity index (χ0n) is 16.4. The topological polar surface area (TPSA) is 48.0 Å². The molecule has 2 heterocycles. The highest BCUT2D eigenvalue weighted by Gasteiger charge is 2.31. The fourth-order valence-corrected chi connectivity index (χ4v) is 3.84. The van der Waals surface area contributed by atoms with Gasteiger partial charge in [0.05, 0.1) is 0 Å². The van der Waals surface area contributed by atoms with E-state index in [1.165, 1.54) is 0 Å². The number of urea groups is 1. The normalized spacial score (nSPS) is 20.9. The minimum absolute atomic E-state index is 0.0200. The third kappa shape index (κ3) is 4.64. The number of benzene rings is 2. The number of carbonyl (C=O) groups is 1. The van der Waals surface area contributed by atoms with Crippen LogP contribution < -0.4 is 10.1 Å². The number of carbonyl (C=O) groups excluding carboxylic acids is 1. The number of rotatable bonds is 4. The van der Waals surface area contributed by atoms with Crippen LogP contribution in [0.5, 0.6) is 11.5 Å². The maximum atomic E-state index is 12.6. The van der Waals surface area contributed by atoms with Crippen molar-refractivity contribution in [3.8, 4) is 11.5 Å². The lowest BCUT2D eigenvalue weighted by Crippen LogP contribution is -2.50. The summed E-state index contributed by atoms with van der Waals surface area (Å²) in [4.78, 5) is 19.4. The van der Waals surface area contributed by atoms with Gasteiger partial charge >= 0.3 is 6.03 Å². The molecule has 0 aromatic heterocycles. The van der Waals surface area contributed by atoms with Crippen molar-refractivity contribution in [2.75, 3.05) is 51.6 Å². The Hall–Kier alpha value is -2.57. The molecule has 148 valence electrons. The van der Waals surface area contributed by atoms with Gasteiger partial charge < -0.3 is 19.9 Å². The lowest BCUT2D eigenvalue weighted by Gasteiger charge is -2.36. The summed E-state index contributed by atoms with van der Waals surface area (Å²) < 4.78 is 5.79. The summed E-state index contributed by atoms with van der Waals surface area (Å²) in [6.45, 7) is 6.04. The molecular formula is C22H28N4O2. The Balaban J connectivity index is 1.28. The van der Waals surface area contributed by atoms with Crippen LogP contribution >= 0.6 is 0 Å². The molecule has 2 amide bonds.